The summed E-state index contributed by atoms with van der Waals surface area (Å²) in [6.45, 7) is 0. The Balaban J connectivity index is 2.35. The summed E-state index contributed by atoms with van der Waals surface area (Å²) in [5.74, 6) is 0. The number of hydrogen-bond acceptors (Lipinski definition) is 2. The maximum atomic E-state index is 13.2. The maximum absolute atomic E-state index is 13.2. The largest absolute Gasteiger partial charge is 0.417 e. The SMILES string of the molecule is O=Cc1cc2c(Cl)cccc2nc1-c1ccccc1C(F)(F)F. The number of benzene rings is 2. The van der Waals surface area contributed by atoms with Crippen molar-refractivity contribution in [2.45, 2.75) is 6.18 Å². The molecule has 0 unspecified atom stereocenters. The fraction of sp³-hybridized carbons (Fsp3) is 0.0588. The van der Waals surface area contributed by atoms with Crippen molar-refractivity contribution in [3.05, 3.63) is 64.7 Å². The molecule has 1 aromatic heterocycles. The van der Waals surface area contributed by atoms with Gasteiger partial charge in [-0.05, 0) is 24.3 Å². The molecule has 0 atom stereocenters. The number of alkyl halides is 3. The van der Waals surface area contributed by atoms with E-state index in [4.69, 9.17) is 11.6 Å². The molecule has 0 radical (unpaired) electrons. The summed E-state index contributed by atoms with van der Waals surface area (Å²) in [7, 11) is 0. The minimum atomic E-state index is -4.54. The molecule has 3 aromatic rings. The summed E-state index contributed by atoms with van der Waals surface area (Å²) in [6, 6.07) is 11.4. The van der Waals surface area contributed by atoms with Crippen LogP contribution in [0.4, 0.5) is 13.2 Å². The molecular weight excluding hydrogens is 327 g/mol. The Morgan fingerprint density at radius 3 is 2.48 bits per heavy atom. The summed E-state index contributed by atoms with van der Waals surface area (Å²) in [6.07, 6.45) is -4.06. The Kier molecular flexibility index (Phi) is 3.82. The van der Waals surface area contributed by atoms with E-state index >= 15 is 0 Å². The molecular formula is C17H9ClF3NO. The Hall–Kier alpha value is -2.40. The number of pyridine rings is 1. The normalized spacial score (nSPS) is 11.7. The van der Waals surface area contributed by atoms with Gasteiger partial charge in [0.25, 0.3) is 0 Å². The topological polar surface area (TPSA) is 30.0 Å². The van der Waals surface area contributed by atoms with E-state index in [1.54, 1.807) is 18.2 Å². The van der Waals surface area contributed by atoms with Crippen LogP contribution in [0.5, 0.6) is 0 Å². The van der Waals surface area contributed by atoms with Gasteiger partial charge in [-0.2, -0.15) is 13.2 Å². The lowest BCUT2D eigenvalue weighted by molar-refractivity contribution is -0.137. The molecule has 23 heavy (non-hydrogen) atoms. The monoisotopic (exact) mass is 335 g/mol. The van der Waals surface area contributed by atoms with E-state index in [1.807, 2.05) is 0 Å². The van der Waals surface area contributed by atoms with Crippen LogP contribution in [0, 0.1) is 0 Å². The number of fused-ring (bicyclic) bond motifs is 1. The Labute approximate surface area is 134 Å². The second-order valence-corrected chi connectivity index (χ2v) is 5.30. The van der Waals surface area contributed by atoms with Gasteiger partial charge in [-0.25, -0.2) is 4.98 Å². The average Bonchev–Trinajstić information content (AvgIpc) is 2.53. The highest BCUT2D eigenvalue weighted by molar-refractivity contribution is 6.35. The molecule has 0 aliphatic carbocycles. The first-order chi connectivity index (χ1) is 10.9. The van der Waals surface area contributed by atoms with E-state index in [0.29, 0.717) is 22.2 Å². The van der Waals surface area contributed by atoms with Crippen molar-refractivity contribution >= 4 is 28.8 Å². The second kappa shape index (κ2) is 5.66. The zero-order valence-corrected chi connectivity index (χ0v) is 12.3. The van der Waals surface area contributed by atoms with Crippen LogP contribution in [0.25, 0.3) is 22.2 Å². The summed E-state index contributed by atoms with van der Waals surface area (Å²) >= 11 is 6.05. The second-order valence-electron chi connectivity index (χ2n) is 4.89. The van der Waals surface area contributed by atoms with Crippen LogP contribution < -0.4 is 0 Å². The molecule has 1 heterocycles. The molecule has 116 valence electrons. The molecule has 0 bridgehead atoms. The van der Waals surface area contributed by atoms with E-state index in [1.165, 1.54) is 24.3 Å². The number of nitrogens with zero attached hydrogens (tertiary/aromatic N) is 1. The molecule has 0 amide bonds. The number of rotatable bonds is 2. The zero-order valence-electron chi connectivity index (χ0n) is 11.6. The number of halogens is 4. The summed E-state index contributed by atoms with van der Waals surface area (Å²) < 4.78 is 39.6. The van der Waals surface area contributed by atoms with Crippen molar-refractivity contribution < 1.29 is 18.0 Å². The quantitative estimate of drug-likeness (QED) is 0.588. The van der Waals surface area contributed by atoms with E-state index in [-0.39, 0.29) is 16.8 Å². The highest BCUT2D eigenvalue weighted by Gasteiger charge is 2.34. The highest BCUT2D eigenvalue weighted by Crippen LogP contribution is 2.38. The number of carbonyl (C=O) groups is 1. The molecule has 3 rings (SSSR count). The maximum Gasteiger partial charge on any atom is 0.417 e. The standard InChI is InChI=1S/C17H9ClF3NO/c18-14-6-3-7-15-12(14)8-10(9-23)16(22-15)11-4-1-2-5-13(11)17(19,20)21/h1-9H. The van der Waals surface area contributed by atoms with Gasteiger partial charge in [0.1, 0.15) is 0 Å². The van der Waals surface area contributed by atoms with Crippen LogP contribution in [0.3, 0.4) is 0 Å². The fourth-order valence-corrected chi connectivity index (χ4v) is 2.64. The first kappa shape index (κ1) is 15.5. The third-order valence-electron chi connectivity index (χ3n) is 3.45. The fourth-order valence-electron chi connectivity index (χ4n) is 2.42. The molecule has 0 aliphatic heterocycles. The van der Waals surface area contributed by atoms with Gasteiger partial charge in [-0.1, -0.05) is 35.9 Å². The Bertz CT molecular complexity index is 906. The van der Waals surface area contributed by atoms with Crippen molar-refractivity contribution in [3.8, 4) is 11.3 Å². The molecule has 0 N–H and O–H groups in total. The summed E-state index contributed by atoms with van der Waals surface area (Å²) in [5.41, 5.74) is -0.499. The minimum Gasteiger partial charge on any atom is -0.298 e. The lowest BCUT2D eigenvalue weighted by atomic mass is 9.99. The number of carbonyl (C=O) groups excluding carboxylic acids is 1. The van der Waals surface area contributed by atoms with Gasteiger partial charge in [0.2, 0.25) is 0 Å². The van der Waals surface area contributed by atoms with Gasteiger partial charge in [0.15, 0.2) is 6.29 Å². The van der Waals surface area contributed by atoms with Crippen molar-refractivity contribution in [2.24, 2.45) is 0 Å². The smallest absolute Gasteiger partial charge is 0.298 e. The van der Waals surface area contributed by atoms with E-state index in [2.05, 4.69) is 4.98 Å². The molecule has 2 nitrogen and oxygen atoms in total. The van der Waals surface area contributed by atoms with Gasteiger partial charge in [0, 0.05) is 21.5 Å². The third-order valence-corrected chi connectivity index (χ3v) is 3.78. The van der Waals surface area contributed by atoms with Crippen LogP contribution >= 0.6 is 11.6 Å². The predicted octanol–water partition coefficient (Wildman–Crippen LogP) is 5.39. The van der Waals surface area contributed by atoms with E-state index in [9.17, 15) is 18.0 Å². The van der Waals surface area contributed by atoms with Crippen LogP contribution in [0.15, 0.2) is 48.5 Å². The van der Waals surface area contributed by atoms with Gasteiger partial charge in [-0.3, -0.25) is 4.79 Å². The zero-order chi connectivity index (χ0) is 16.6. The van der Waals surface area contributed by atoms with Gasteiger partial charge >= 0.3 is 6.18 Å². The molecule has 0 aliphatic rings. The molecule has 0 saturated heterocycles. The van der Waals surface area contributed by atoms with Crippen LogP contribution in [0.1, 0.15) is 15.9 Å². The van der Waals surface area contributed by atoms with E-state index in [0.717, 1.165) is 6.07 Å². The van der Waals surface area contributed by atoms with Crippen molar-refractivity contribution in [1.29, 1.82) is 0 Å². The van der Waals surface area contributed by atoms with Gasteiger partial charge in [0.05, 0.1) is 16.8 Å². The molecule has 0 saturated carbocycles. The first-order valence-corrected chi connectivity index (χ1v) is 7.00. The summed E-state index contributed by atoms with van der Waals surface area (Å²) in [5, 5.41) is 0.901. The first-order valence-electron chi connectivity index (χ1n) is 6.63. The molecule has 0 spiro atoms. The Morgan fingerprint density at radius 2 is 1.78 bits per heavy atom. The molecule has 6 heteroatoms. The van der Waals surface area contributed by atoms with Gasteiger partial charge in [-0.15, -0.1) is 0 Å². The lowest BCUT2D eigenvalue weighted by Crippen LogP contribution is -2.08. The van der Waals surface area contributed by atoms with Crippen LogP contribution in [0.2, 0.25) is 5.02 Å². The predicted molar refractivity (Wildman–Crippen MR) is 82.6 cm³/mol. The summed E-state index contributed by atoms with van der Waals surface area (Å²) in [4.78, 5) is 15.6. The number of aldehydes is 1. The van der Waals surface area contributed by atoms with Gasteiger partial charge < -0.3 is 0 Å². The van der Waals surface area contributed by atoms with Crippen molar-refractivity contribution in [3.63, 3.8) is 0 Å². The van der Waals surface area contributed by atoms with Crippen LogP contribution in [-0.2, 0) is 6.18 Å². The molecule has 2 aromatic carbocycles. The molecule has 0 fully saturated rings. The highest BCUT2D eigenvalue weighted by atomic mass is 35.5. The number of hydrogen-bond donors (Lipinski definition) is 0. The van der Waals surface area contributed by atoms with E-state index < -0.39 is 11.7 Å². The Morgan fingerprint density at radius 1 is 1.04 bits per heavy atom. The minimum absolute atomic E-state index is 0.0114. The lowest BCUT2D eigenvalue weighted by Gasteiger charge is -2.14. The van der Waals surface area contributed by atoms with Crippen molar-refractivity contribution in [2.75, 3.05) is 0 Å². The number of aromatic nitrogens is 1. The third kappa shape index (κ3) is 2.80. The van der Waals surface area contributed by atoms with Crippen molar-refractivity contribution in [1.82, 2.24) is 4.98 Å². The van der Waals surface area contributed by atoms with Crippen LogP contribution in [-0.4, -0.2) is 11.3 Å². The average molecular weight is 336 g/mol.